The Balaban J connectivity index is 1.52. The highest BCUT2D eigenvalue weighted by atomic mass is 32.2. The number of carbonyl (C=O) groups is 2. The number of benzene rings is 3. The van der Waals surface area contributed by atoms with Gasteiger partial charge in [0.15, 0.2) is 0 Å². The van der Waals surface area contributed by atoms with E-state index in [4.69, 9.17) is 0 Å². The van der Waals surface area contributed by atoms with Crippen molar-refractivity contribution < 1.29 is 18.0 Å². The van der Waals surface area contributed by atoms with Gasteiger partial charge in [0.05, 0.1) is 49.7 Å². The number of imide groups is 1. The van der Waals surface area contributed by atoms with E-state index in [1.165, 1.54) is 68.9 Å². The van der Waals surface area contributed by atoms with E-state index in [-0.39, 0.29) is 66.1 Å². The van der Waals surface area contributed by atoms with E-state index < -0.39 is 21.7 Å². The average molecular weight is 579 g/mol. The Hall–Kier alpha value is -4.52. The van der Waals surface area contributed by atoms with E-state index in [9.17, 15) is 33.8 Å². The van der Waals surface area contributed by atoms with Crippen LogP contribution in [0.4, 0.5) is 0 Å². The third kappa shape index (κ3) is 4.73. The summed E-state index contributed by atoms with van der Waals surface area (Å²) in [7, 11) is -4.28. The van der Waals surface area contributed by atoms with Crippen molar-refractivity contribution in [3.8, 4) is 29.3 Å². The number of amides is 2. The van der Waals surface area contributed by atoms with Gasteiger partial charge in [0, 0.05) is 28.4 Å². The van der Waals surface area contributed by atoms with Gasteiger partial charge >= 0.3 is 0 Å². The predicted molar refractivity (Wildman–Crippen MR) is 156 cm³/mol. The van der Waals surface area contributed by atoms with Crippen LogP contribution in [0, 0.1) is 34.0 Å². The van der Waals surface area contributed by atoms with Gasteiger partial charge in [0.1, 0.15) is 6.07 Å². The van der Waals surface area contributed by atoms with Crippen LogP contribution in [-0.4, -0.2) is 31.7 Å². The monoisotopic (exact) mass is 578 g/mol. The van der Waals surface area contributed by atoms with Gasteiger partial charge in [-0.3, -0.25) is 14.5 Å². The van der Waals surface area contributed by atoms with Crippen molar-refractivity contribution in [1.29, 1.82) is 15.8 Å². The lowest BCUT2D eigenvalue weighted by molar-refractivity contribution is 0.0607. The average Bonchev–Trinajstić information content (AvgIpc) is 3.00. The molecule has 0 fully saturated rings. The molecule has 0 atom stereocenters. The van der Waals surface area contributed by atoms with Crippen LogP contribution in [0.1, 0.15) is 109 Å². The summed E-state index contributed by atoms with van der Waals surface area (Å²) in [6, 6.07) is 12.7. The third-order valence-corrected chi connectivity index (χ3v) is 10.1. The molecule has 2 aliphatic heterocycles. The molecule has 9 heteroatoms. The van der Waals surface area contributed by atoms with Crippen molar-refractivity contribution in [3.05, 3.63) is 58.1 Å². The zero-order valence-electron chi connectivity index (χ0n) is 23.5. The minimum Gasteiger partial charge on any atom is -0.274 e. The molecule has 3 aromatic carbocycles. The first-order valence-corrected chi connectivity index (χ1v) is 15.9. The van der Waals surface area contributed by atoms with Crippen molar-refractivity contribution in [2.24, 2.45) is 0 Å². The van der Waals surface area contributed by atoms with Crippen molar-refractivity contribution in [3.63, 3.8) is 0 Å². The molecule has 2 heterocycles. The van der Waals surface area contributed by atoms with E-state index in [0.717, 1.165) is 24.2 Å². The Morgan fingerprint density at radius 3 is 1.83 bits per heavy atom. The molecule has 0 unspecified atom stereocenters. The fourth-order valence-corrected chi connectivity index (χ4v) is 7.94. The molecule has 0 bridgehead atoms. The maximum absolute atomic E-state index is 13.8. The Bertz CT molecular complexity index is 1850. The summed E-state index contributed by atoms with van der Waals surface area (Å²) >= 11 is 0. The SMILES string of the molecule is CCCCCCCCCCCCN1C(=O)c2cc(C#N)c3c4c(c(C#N)cc(c24)C1=O)S(=O)(=O)c1ccc(C#N)cc1-3. The molecule has 0 saturated heterocycles. The third-order valence-electron chi connectivity index (χ3n) is 8.22. The maximum atomic E-state index is 13.8. The summed E-state index contributed by atoms with van der Waals surface area (Å²) in [6.07, 6.45) is 11.0. The van der Waals surface area contributed by atoms with Gasteiger partial charge in [-0.05, 0) is 36.8 Å². The van der Waals surface area contributed by atoms with Crippen LogP contribution in [-0.2, 0) is 9.84 Å². The minimum absolute atomic E-state index is 0.0148. The first kappa shape index (κ1) is 29.0. The number of rotatable bonds is 11. The van der Waals surface area contributed by atoms with Crippen molar-refractivity contribution in [1.82, 2.24) is 4.90 Å². The summed E-state index contributed by atoms with van der Waals surface area (Å²) in [5.74, 6) is -1.17. The second-order valence-corrected chi connectivity index (χ2v) is 12.7. The zero-order valence-corrected chi connectivity index (χ0v) is 24.3. The molecule has 0 spiro atoms. The van der Waals surface area contributed by atoms with Crippen LogP contribution in [0.15, 0.2) is 40.1 Å². The van der Waals surface area contributed by atoms with E-state index in [1.54, 1.807) is 0 Å². The fourth-order valence-electron chi connectivity index (χ4n) is 6.16. The smallest absolute Gasteiger partial charge is 0.261 e. The van der Waals surface area contributed by atoms with Gasteiger partial charge in [-0.25, -0.2) is 8.42 Å². The van der Waals surface area contributed by atoms with Crippen LogP contribution in [0.5, 0.6) is 0 Å². The number of hydrogen-bond acceptors (Lipinski definition) is 7. The predicted octanol–water partition coefficient (Wildman–Crippen LogP) is 6.78. The van der Waals surface area contributed by atoms with Gasteiger partial charge < -0.3 is 0 Å². The van der Waals surface area contributed by atoms with Crippen molar-refractivity contribution >= 4 is 32.4 Å². The molecule has 42 heavy (non-hydrogen) atoms. The highest BCUT2D eigenvalue weighted by Crippen LogP contribution is 2.50. The number of unbranched alkanes of at least 4 members (excludes halogenated alkanes) is 9. The van der Waals surface area contributed by atoms with Gasteiger partial charge in [0.25, 0.3) is 11.8 Å². The molecular formula is C33H30N4O4S. The number of nitriles is 3. The van der Waals surface area contributed by atoms with E-state index in [1.807, 2.05) is 12.1 Å². The fraction of sp³-hybridized carbons (Fsp3) is 0.364. The number of sulfone groups is 1. The van der Waals surface area contributed by atoms with Gasteiger partial charge in [-0.2, -0.15) is 15.8 Å². The molecule has 0 radical (unpaired) electrons. The van der Waals surface area contributed by atoms with Crippen molar-refractivity contribution in [2.45, 2.75) is 80.9 Å². The summed E-state index contributed by atoms with van der Waals surface area (Å²) in [5, 5.41) is 29.8. The largest absolute Gasteiger partial charge is 0.274 e. The zero-order chi connectivity index (χ0) is 30.0. The maximum Gasteiger partial charge on any atom is 0.261 e. The van der Waals surface area contributed by atoms with Gasteiger partial charge in [-0.1, -0.05) is 64.7 Å². The lowest BCUT2D eigenvalue weighted by Crippen LogP contribution is -2.41. The molecule has 0 N–H and O–H groups in total. The van der Waals surface area contributed by atoms with Crippen LogP contribution < -0.4 is 0 Å². The lowest BCUT2D eigenvalue weighted by Gasteiger charge is -2.31. The van der Waals surface area contributed by atoms with Crippen molar-refractivity contribution in [2.75, 3.05) is 6.54 Å². The van der Waals surface area contributed by atoms with Crippen LogP contribution in [0.25, 0.3) is 21.9 Å². The molecule has 2 amide bonds. The van der Waals surface area contributed by atoms with E-state index in [2.05, 4.69) is 13.0 Å². The highest BCUT2D eigenvalue weighted by Gasteiger charge is 2.41. The van der Waals surface area contributed by atoms with Crippen LogP contribution >= 0.6 is 0 Å². The summed E-state index contributed by atoms with van der Waals surface area (Å²) in [5.41, 5.74) is 0.463. The van der Waals surface area contributed by atoms with Gasteiger partial charge in [0.2, 0.25) is 9.84 Å². The Morgan fingerprint density at radius 2 is 1.26 bits per heavy atom. The first-order chi connectivity index (χ1) is 20.3. The summed E-state index contributed by atoms with van der Waals surface area (Å²) in [4.78, 5) is 28.1. The first-order valence-electron chi connectivity index (χ1n) is 14.4. The van der Waals surface area contributed by atoms with Crippen LogP contribution in [0.2, 0.25) is 0 Å². The minimum atomic E-state index is -4.28. The lowest BCUT2D eigenvalue weighted by atomic mass is 9.84. The molecule has 0 aliphatic carbocycles. The normalized spacial score (nSPS) is 14.3. The number of hydrogen-bond donors (Lipinski definition) is 0. The van der Waals surface area contributed by atoms with Gasteiger partial charge in [-0.15, -0.1) is 0 Å². The van der Waals surface area contributed by atoms with E-state index in [0.29, 0.717) is 6.42 Å². The summed E-state index contributed by atoms with van der Waals surface area (Å²) in [6.45, 7) is 2.39. The molecule has 8 nitrogen and oxygen atoms in total. The Kier molecular flexibility index (Phi) is 8.12. The molecule has 212 valence electrons. The molecule has 0 saturated carbocycles. The molecule has 2 aliphatic rings. The Morgan fingerprint density at radius 1 is 0.690 bits per heavy atom. The second kappa shape index (κ2) is 11.8. The number of fused-ring (bicyclic) bond motifs is 2. The second-order valence-electron chi connectivity index (χ2n) is 10.9. The quantitative estimate of drug-likeness (QED) is 0.141. The summed E-state index contributed by atoms with van der Waals surface area (Å²) < 4.78 is 27.7. The highest BCUT2D eigenvalue weighted by molar-refractivity contribution is 7.92. The molecular weight excluding hydrogens is 548 g/mol. The standard InChI is InChI=1S/C33H30N4O4S/c1-2-3-4-5-6-7-8-9-10-11-14-37-32(38)25-16-22(19-35)28-24-15-21(18-34)12-13-27(24)42(40,41)31-23(20-36)17-26(33(37)39)29(25)30(28)31/h12-13,15-17H,2-11,14H2,1H3. The molecule has 5 rings (SSSR count). The molecule has 0 aromatic heterocycles. The molecule has 3 aromatic rings. The number of carbonyl (C=O) groups excluding carboxylic acids is 2. The Labute approximate surface area is 245 Å². The number of nitrogens with zero attached hydrogens (tertiary/aromatic N) is 4. The topological polar surface area (TPSA) is 143 Å². The van der Waals surface area contributed by atoms with E-state index >= 15 is 0 Å². The van der Waals surface area contributed by atoms with Crippen LogP contribution in [0.3, 0.4) is 0 Å².